The molecule has 3 aromatic rings. The minimum absolute atomic E-state index is 0.0849. The molecule has 34 heavy (non-hydrogen) atoms. The maximum atomic E-state index is 13.1. The smallest absolute Gasteiger partial charge is 0.338 e. The van der Waals surface area contributed by atoms with Gasteiger partial charge >= 0.3 is 5.97 Å². The van der Waals surface area contributed by atoms with E-state index in [4.69, 9.17) is 4.74 Å². The molecule has 172 valence electrons. The van der Waals surface area contributed by atoms with Crippen LogP contribution in [0.1, 0.15) is 53.3 Å². The summed E-state index contributed by atoms with van der Waals surface area (Å²) in [5.41, 5.74) is 5.38. The summed E-state index contributed by atoms with van der Waals surface area (Å²) in [6.45, 7) is 7.13. The van der Waals surface area contributed by atoms with E-state index < -0.39 is 30.3 Å². The SMILES string of the molecule is Cc1ccc(C)c(N2C(=O)c3ccc(C(=O)OCC(=O)Nc4ccc(C)c(C)c4)cc3C2=O)c1. The van der Waals surface area contributed by atoms with Gasteiger partial charge in [-0.3, -0.25) is 14.4 Å². The highest BCUT2D eigenvalue weighted by Crippen LogP contribution is 2.32. The van der Waals surface area contributed by atoms with Gasteiger partial charge in [0, 0.05) is 5.69 Å². The van der Waals surface area contributed by atoms with Crippen LogP contribution in [0.2, 0.25) is 0 Å². The van der Waals surface area contributed by atoms with Gasteiger partial charge < -0.3 is 10.1 Å². The topological polar surface area (TPSA) is 92.8 Å². The van der Waals surface area contributed by atoms with Crippen LogP contribution >= 0.6 is 0 Å². The molecule has 0 radical (unpaired) electrons. The summed E-state index contributed by atoms with van der Waals surface area (Å²) in [7, 11) is 0. The summed E-state index contributed by atoms with van der Waals surface area (Å²) in [6, 6.07) is 15.2. The minimum Gasteiger partial charge on any atom is -0.452 e. The highest BCUT2D eigenvalue weighted by molar-refractivity contribution is 6.35. The molecule has 0 saturated carbocycles. The third-order valence-electron chi connectivity index (χ3n) is 5.85. The zero-order valence-corrected chi connectivity index (χ0v) is 19.4. The summed E-state index contributed by atoms with van der Waals surface area (Å²) in [6.07, 6.45) is 0. The Bertz CT molecular complexity index is 1360. The van der Waals surface area contributed by atoms with Crippen molar-refractivity contribution in [2.75, 3.05) is 16.8 Å². The van der Waals surface area contributed by atoms with Crippen LogP contribution in [0.25, 0.3) is 0 Å². The van der Waals surface area contributed by atoms with Crippen molar-refractivity contribution >= 4 is 35.1 Å². The highest BCUT2D eigenvalue weighted by atomic mass is 16.5. The van der Waals surface area contributed by atoms with Crippen LogP contribution in [0.3, 0.4) is 0 Å². The first-order valence-corrected chi connectivity index (χ1v) is 10.8. The molecule has 0 fully saturated rings. The quantitative estimate of drug-likeness (QED) is 0.450. The second-order valence-electron chi connectivity index (χ2n) is 8.42. The Labute approximate surface area is 197 Å². The zero-order chi connectivity index (χ0) is 24.6. The second kappa shape index (κ2) is 8.94. The van der Waals surface area contributed by atoms with E-state index in [1.54, 1.807) is 12.1 Å². The largest absolute Gasteiger partial charge is 0.452 e. The number of hydrogen-bond acceptors (Lipinski definition) is 5. The highest BCUT2D eigenvalue weighted by Gasteiger charge is 2.38. The first-order valence-electron chi connectivity index (χ1n) is 10.8. The molecule has 1 aliphatic heterocycles. The molecular weight excluding hydrogens is 432 g/mol. The molecule has 7 heteroatoms. The van der Waals surface area contributed by atoms with Crippen molar-refractivity contribution in [1.29, 1.82) is 0 Å². The summed E-state index contributed by atoms with van der Waals surface area (Å²) in [4.78, 5) is 51.8. The van der Waals surface area contributed by atoms with Gasteiger partial charge in [-0.2, -0.15) is 0 Å². The Balaban J connectivity index is 1.46. The van der Waals surface area contributed by atoms with E-state index in [-0.39, 0.29) is 16.7 Å². The number of ether oxygens (including phenoxy) is 1. The van der Waals surface area contributed by atoms with E-state index in [1.807, 2.05) is 52.0 Å². The van der Waals surface area contributed by atoms with Crippen molar-refractivity contribution in [1.82, 2.24) is 0 Å². The molecule has 7 nitrogen and oxygen atoms in total. The molecule has 3 aromatic carbocycles. The number of imide groups is 1. The molecule has 0 bridgehead atoms. The van der Waals surface area contributed by atoms with E-state index >= 15 is 0 Å². The van der Waals surface area contributed by atoms with Crippen LogP contribution in [-0.4, -0.2) is 30.3 Å². The molecular formula is C27H24N2O5. The third-order valence-corrected chi connectivity index (χ3v) is 5.85. The number of hydrogen-bond donors (Lipinski definition) is 1. The van der Waals surface area contributed by atoms with Crippen LogP contribution in [0.5, 0.6) is 0 Å². The molecule has 1 heterocycles. The van der Waals surface area contributed by atoms with Crippen molar-refractivity contribution in [2.45, 2.75) is 27.7 Å². The maximum Gasteiger partial charge on any atom is 0.338 e. The number of esters is 1. The van der Waals surface area contributed by atoms with Crippen LogP contribution in [0.4, 0.5) is 11.4 Å². The number of nitrogens with one attached hydrogen (secondary N) is 1. The fourth-order valence-corrected chi connectivity index (χ4v) is 3.78. The van der Waals surface area contributed by atoms with E-state index in [1.165, 1.54) is 18.2 Å². The molecule has 0 aliphatic carbocycles. The van der Waals surface area contributed by atoms with Crippen LogP contribution in [0, 0.1) is 27.7 Å². The lowest BCUT2D eigenvalue weighted by molar-refractivity contribution is -0.119. The second-order valence-corrected chi connectivity index (χ2v) is 8.42. The number of carbonyl (C=O) groups excluding carboxylic acids is 4. The number of carbonyl (C=O) groups is 4. The van der Waals surface area contributed by atoms with Crippen molar-refractivity contribution in [3.05, 3.63) is 93.5 Å². The van der Waals surface area contributed by atoms with E-state index in [2.05, 4.69) is 5.32 Å². The number of benzene rings is 3. The molecule has 0 spiro atoms. The Kier molecular flexibility index (Phi) is 6.03. The first kappa shape index (κ1) is 22.9. The van der Waals surface area contributed by atoms with Gasteiger partial charge in [-0.25, -0.2) is 9.69 Å². The maximum absolute atomic E-state index is 13.1. The summed E-state index contributed by atoms with van der Waals surface area (Å²) >= 11 is 0. The number of aryl methyl sites for hydroxylation is 4. The molecule has 3 amide bonds. The lowest BCUT2D eigenvalue weighted by Gasteiger charge is -2.17. The van der Waals surface area contributed by atoms with E-state index in [0.29, 0.717) is 11.4 Å². The van der Waals surface area contributed by atoms with Gasteiger partial charge in [0.2, 0.25) is 0 Å². The molecule has 1 N–H and O–H groups in total. The molecule has 0 aromatic heterocycles. The van der Waals surface area contributed by atoms with Crippen molar-refractivity contribution in [3.63, 3.8) is 0 Å². The standard InChI is InChI=1S/C27H24N2O5/c1-15-5-6-17(3)23(11-15)29-25(31)21-10-8-19(13-22(21)26(29)32)27(33)34-14-24(30)28-20-9-7-16(2)18(4)12-20/h5-13H,14H2,1-4H3,(H,28,30). The Hall–Kier alpha value is -4.26. The van der Waals surface area contributed by atoms with Gasteiger partial charge in [0.15, 0.2) is 6.61 Å². The van der Waals surface area contributed by atoms with Crippen LogP contribution < -0.4 is 10.2 Å². The number of fused-ring (bicyclic) bond motifs is 1. The summed E-state index contributed by atoms with van der Waals surface area (Å²) < 4.78 is 5.12. The summed E-state index contributed by atoms with van der Waals surface area (Å²) in [5.74, 6) is -2.19. The van der Waals surface area contributed by atoms with Gasteiger partial charge in [-0.1, -0.05) is 18.2 Å². The Morgan fingerprint density at radius 3 is 2.24 bits per heavy atom. The van der Waals surface area contributed by atoms with Gasteiger partial charge in [-0.15, -0.1) is 0 Å². The fourth-order valence-electron chi connectivity index (χ4n) is 3.78. The predicted molar refractivity (Wildman–Crippen MR) is 128 cm³/mol. The Morgan fingerprint density at radius 1 is 0.794 bits per heavy atom. The van der Waals surface area contributed by atoms with Gasteiger partial charge in [0.05, 0.1) is 22.4 Å². The van der Waals surface area contributed by atoms with Crippen molar-refractivity contribution in [3.8, 4) is 0 Å². The molecule has 0 unspecified atom stereocenters. The van der Waals surface area contributed by atoms with Gasteiger partial charge in [0.1, 0.15) is 0 Å². The Morgan fingerprint density at radius 2 is 1.50 bits per heavy atom. The summed E-state index contributed by atoms with van der Waals surface area (Å²) in [5, 5.41) is 2.68. The normalized spacial score (nSPS) is 12.5. The molecule has 4 rings (SSSR count). The van der Waals surface area contributed by atoms with E-state index in [9.17, 15) is 19.2 Å². The lowest BCUT2D eigenvalue weighted by atomic mass is 10.1. The first-order chi connectivity index (χ1) is 16.2. The number of nitrogens with zero attached hydrogens (tertiary/aromatic N) is 1. The number of amides is 3. The fraction of sp³-hybridized carbons (Fsp3) is 0.185. The van der Waals surface area contributed by atoms with Gasteiger partial charge in [-0.05, 0) is 86.3 Å². The van der Waals surface area contributed by atoms with Crippen molar-refractivity contribution in [2.24, 2.45) is 0 Å². The van der Waals surface area contributed by atoms with Crippen LogP contribution in [0.15, 0.2) is 54.6 Å². The monoisotopic (exact) mass is 456 g/mol. The average Bonchev–Trinajstić information content (AvgIpc) is 3.05. The lowest BCUT2D eigenvalue weighted by Crippen LogP contribution is -2.30. The average molecular weight is 456 g/mol. The number of anilines is 2. The van der Waals surface area contributed by atoms with Gasteiger partial charge in [0.25, 0.3) is 17.7 Å². The van der Waals surface area contributed by atoms with Crippen LogP contribution in [-0.2, 0) is 9.53 Å². The number of rotatable bonds is 5. The molecule has 0 atom stereocenters. The van der Waals surface area contributed by atoms with Crippen molar-refractivity contribution < 1.29 is 23.9 Å². The van der Waals surface area contributed by atoms with E-state index in [0.717, 1.165) is 27.2 Å². The zero-order valence-electron chi connectivity index (χ0n) is 19.4. The molecule has 1 aliphatic rings. The third kappa shape index (κ3) is 4.32. The molecule has 0 saturated heterocycles. The predicted octanol–water partition coefficient (Wildman–Crippen LogP) is 4.52. The minimum atomic E-state index is -0.761.